The maximum Gasteiger partial charge on any atom is 0.311 e. The van der Waals surface area contributed by atoms with Gasteiger partial charge in [0, 0.05) is 18.5 Å². The van der Waals surface area contributed by atoms with Crippen LogP contribution in [-0.2, 0) is 0 Å². The fourth-order valence-electron chi connectivity index (χ4n) is 1.77. The van der Waals surface area contributed by atoms with Crippen molar-refractivity contribution in [1.29, 1.82) is 0 Å². The molecule has 0 radical (unpaired) electrons. The van der Waals surface area contributed by atoms with E-state index in [2.05, 4.69) is 9.97 Å². The zero-order valence-corrected chi connectivity index (χ0v) is 11.1. The summed E-state index contributed by atoms with van der Waals surface area (Å²) < 4.78 is 4.97. The average Bonchev–Trinajstić information content (AvgIpc) is 2.48. The third-order valence-electron chi connectivity index (χ3n) is 2.75. The standard InChI is InChI=1S/C14H13N3O3/c1-10(12-9-15-5-6-16-12)7-11-3-4-14(20-2)13(8-11)17(18)19/h3-9H,1-2H3. The molecular formula is C14H13N3O3. The fourth-order valence-corrected chi connectivity index (χ4v) is 1.77. The highest BCUT2D eigenvalue weighted by atomic mass is 16.6. The van der Waals surface area contributed by atoms with E-state index in [0.717, 1.165) is 11.3 Å². The predicted molar refractivity (Wildman–Crippen MR) is 75.2 cm³/mol. The van der Waals surface area contributed by atoms with Gasteiger partial charge in [0.25, 0.3) is 0 Å². The highest BCUT2D eigenvalue weighted by molar-refractivity contribution is 5.79. The quantitative estimate of drug-likeness (QED) is 0.631. The van der Waals surface area contributed by atoms with Crippen LogP contribution in [0, 0.1) is 10.1 Å². The molecule has 0 spiro atoms. The van der Waals surface area contributed by atoms with Crippen molar-refractivity contribution in [2.75, 3.05) is 7.11 Å². The van der Waals surface area contributed by atoms with E-state index in [1.54, 1.807) is 30.7 Å². The molecule has 1 aromatic heterocycles. The normalized spacial score (nSPS) is 11.2. The van der Waals surface area contributed by atoms with Gasteiger partial charge >= 0.3 is 5.69 Å². The molecule has 0 aliphatic heterocycles. The number of nitro groups is 1. The van der Waals surface area contributed by atoms with Crippen molar-refractivity contribution in [3.63, 3.8) is 0 Å². The summed E-state index contributed by atoms with van der Waals surface area (Å²) in [5, 5.41) is 11.0. The van der Waals surface area contributed by atoms with Crippen molar-refractivity contribution in [2.45, 2.75) is 6.92 Å². The third kappa shape index (κ3) is 2.97. The molecule has 6 heteroatoms. The van der Waals surface area contributed by atoms with Gasteiger partial charge in [0.05, 0.1) is 23.9 Å². The molecule has 0 atom stereocenters. The molecule has 0 amide bonds. The lowest BCUT2D eigenvalue weighted by Crippen LogP contribution is -1.94. The first-order chi connectivity index (χ1) is 9.61. The monoisotopic (exact) mass is 271 g/mol. The zero-order chi connectivity index (χ0) is 14.5. The minimum absolute atomic E-state index is 0.0619. The van der Waals surface area contributed by atoms with Crippen LogP contribution in [-0.4, -0.2) is 22.0 Å². The van der Waals surface area contributed by atoms with E-state index in [9.17, 15) is 10.1 Å². The summed E-state index contributed by atoms with van der Waals surface area (Å²) in [5.41, 5.74) is 2.25. The Bertz CT molecular complexity index is 654. The molecule has 0 unspecified atom stereocenters. The first-order valence-corrected chi connectivity index (χ1v) is 5.89. The number of nitro benzene ring substituents is 1. The van der Waals surface area contributed by atoms with Gasteiger partial charge < -0.3 is 4.74 Å². The van der Waals surface area contributed by atoms with Crippen LogP contribution in [0.4, 0.5) is 5.69 Å². The van der Waals surface area contributed by atoms with Gasteiger partial charge in [0.1, 0.15) is 0 Å². The van der Waals surface area contributed by atoms with Crippen LogP contribution >= 0.6 is 0 Å². The second-order valence-electron chi connectivity index (χ2n) is 4.11. The maximum atomic E-state index is 11.0. The number of hydrogen-bond acceptors (Lipinski definition) is 5. The van der Waals surface area contributed by atoms with E-state index in [-0.39, 0.29) is 11.4 Å². The Morgan fingerprint density at radius 3 is 2.80 bits per heavy atom. The Morgan fingerprint density at radius 2 is 2.20 bits per heavy atom. The van der Waals surface area contributed by atoms with Crippen LogP contribution in [0.5, 0.6) is 5.75 Å². The van der Waals surface area contributed by atoms with E-state index in [1.165, 1.54) is 13.2 Å². The summed E-state index contributed by atoms with van der Waals surface area (Å²) in [6, 6.07) is 4.80. The highest BCUT2D eigenvalue weighted by Crippen LogP contribution is 2.29. The molecule has 2 rings (SSSR count). The second kappa shape index (κ2) is 5.92. The van der Waals surface area contributed by atoms with Crippen LogP contribution in [0.15, 0.2) is 36.8 Å². The van der Waals surface area contributed by atoms with Crippen molar-refractivity contribution in [1.82, 2.24) is 9.97 Å². The maximum absolute atomic E-state index is 11.0. The number of allylic oxidation sites excluding steroid dienone is 1. The molecule has 2 aromatic rings. The molecule has 0 saturated heterocycles. The summed E-state index contributed by atoms with van der Waals surface area (Å²) in [6.45, 7) is 1.88. The fraction of sp³-hybridized carbons (Fsp3) is 0.143. The lowest BCUT2D eigenvalue weighted by atomic mass is 10.1. The van der Waals surface area contributed by atoms with Crippen molar-refractivity contribution in [3.8, 4) is 5.75 Å². The zero-order valence-electron chi connectivity index (χ0n) is 11.1. The number of aromatic nitrogens is 2. The molecule has 20 heavy (non-hydrogen) atoms. The lowest BCUT2D eigenvalue weighted by molar-refractivity contribution is -0.385. The number of rotatable bonds is 4. The van der Waals surface area contributed by atoms with Gasteiger partial charge in [-0.1, -0.05) is 6.07 Å². The van der Waals surface area contributed by atoms with Crippen LogP contribution in [0.1, 0.15) is 18.2 Å². The van der Waals surface area contributed by atoms with E-state index in [1.807, 2.05) is 13.0 Å². The molecule has 0 fully saturated rings. The van der Waals surface area contributed by atoms with E-state index in [0.29, 0.717) is 5.56 Å². The molecule has 0 aliphatic carbocycles. The Hall–Kier alpha value is -2.76. The van der Waals surface area contributed by atoms with E-state index in [4.69, 9.17) is 4.74 Å². The number of ether oxygens (including phenoxy) is 1. The minimum atomic E-state index is -0.464. The Morgan fingerprint density at radius 1 is 1.40 bits per heavy atom. The van der Waals surface area contributed by atoms with Crippen molar-refractivity contribution in [3.05, 3.63) is 58.2 Å². The first kappa shape index (κ1) is 13.7. The molecular weight excluding hydrogens is 258 g/mol. The molecule has 0 saturated carbocycles. The summed E-state index contributed by atoms with van der Waals surface area (Å²) >= 11 is 0. The summed E-state index contributed by atoms with van der Waals surface area (Å²) in [4.78, 5) is 18.7. The van der Waals surface area contributed by atoms with Gasteiger partial charge in [0.2, 0.25) is 0 Å². The molecule has 0 bridgehead atoms. The van der Waals surface area contributed by atoms with Crippen molar-refractivity contribution < 1.29 is 9.66 Å². The average molecular weight is 271 g/mol. The number of hydrogen-bond donors (Lipinski definition) is 0. The van der Waals surface area contributed by atoms with Gasteiger partial charge in [-0.3, -0.25) is 20.1 Å². The van der Waals surface area contributed by atoms with Crippen LogP contribution in [0.3, 0.4) is 0 Å². The van der Waals surface area contributed by atoms with E-state index < -0.39 is 4.92 Å². The van der Waals surface area contributed by atoms with Gasteiger partial charge in [-0.05, 0) is 30.2 Å². The van der Waals surface area contributed by atoms with Crippen LogP contribution < -0.4 is 4.74 Å². The van der Waals surface area contributed by atoms with Crippen LogP contribution in [0.2, 0.25) is 0 Å². The molecule has 102 valence electrons. The SMILES string of the molecule is COc1ccc(C=C(C)c2cnccn2)cc1[N+](=O)[O-]. The Kier molecular flexibility index (Phi) is 4.05. The largest absolute Gasteiger partial charge is 0.490 e. The molecule has 0 N–H and O–H groups in total. The number of nitrogens with zero attached hydrogens (tertiary/aromatic N) is 3. The highest BCUT2D eigenvalue weighted by Gasteiger charge is 2.14. The lowest BCUT2D eigenvalue weighted by Gasteiger charge is -2.03. The molecule has 1 aromatic carbocycles. The molecule has 0 aliphatic rings. The Labute approximate surface area is 115 Å². The van der Waals surface area contributed by atoms with Gasteiger partial charge in [-0.25, -0.2) is 0 Å². The summed E-state index contributed by atoms with van der Waals surface area (Å²) in [6.07, 6.45) is 6.65. The number of benzene rings is 1. The summed E-state index contributed by atoms with van der Waals surface area (Å²) in [5.74, 6) is 0.240. The molecule has 6 nitrogen and oxygen atoms in total. The van der Waals surface area contributed by atoms with Gasteiger partial charge in [-0.2, -0.15) is 0 Å². The van der Waals surface area contributed by atoms with Gasteiger partial charge in [-0.15, -0.1) is 0 Å². The summed E-state index contributed by atoms with van der Waals surface area (Å²) in [7, 11) is 1.41. The first-order valence-electron chi connectivity index (χ1n) is 5.89. The van der Waals surface area contributed by atoms with E-state index >= 15 is 0 Å². The van der Waals surface area contributed by atoms with Crippen molar-refractivity contribution in [2.24, 2.45) is 0 Å². The second-order valence-corrected chi connectivity index (χ2v) is 4.11. The predicted octanol–water partition coefficient (Wildman–Crippen LogP) is 2.95. The van der Waals surface area contributed by atoms with Crippen LogP contribution in [0.25, 0.3) is 11.6 Å². The third-order valence-corrected chi connectivity index (χ3v) is 2.75. The smallest absolute Gasteiger partial charge is 0.311 e. The molecule has 1 heterocycles. The van der Waals surface area contributed by atoms with Gasteiger partial charge in [0.15, 0.2) is 5.75 Å². The van der Waals surface area contributed by atoms with Crippen molar-refractivity contribution >= 4 is 17.3 Å². The Balaban J connectivity index is 2.39. The number of methoxy groups -OCH3 is 1. The minimum Gasteiger partial charge on any atom is -0.490 e. The topological polar surface area (TPSA) is 78.2 Å².